The lowest BCUT2D eigenvalue weighted by molar-refractivity contribution is -0.192. The first-order valence-corrected chi connectivity index (χ1v) is 13.6. The van der Waals surface area contributed by atoms with E-state index < -0.39 is 36.2 Å². The summed E-state index contributed by atoms with van der Waals surface area (Å²) < 4.78 is 31.7. The molecule has 0 saturated heterocycles. The highest BCUT2D eigenvalue weighted by Crippen LogP contribution is 2.27. The zero-order valence-electron chi connectivity index (χ0n) is 22.5. The minimum Gasteiger partial charge on any atom is -0.480 e. The Bertz CT molecular complexity index is 911. The molecule has 40 heavy (non-hydrogen) atoms. The summed E-state index contributed by atoms with van der Waals surface area (Å²) in [7, 11) is 0. The van der Waals surface area contributed by atoms with Gasteiger partial charge in [-0.2, -0.15) is 13.2 Å². The predicted molar refractivity (Wildman–Crippen MR) is 142 cm³/mol. The van der Waals surface area contributed by atoms with Crippen molar-refractivity contribution in [2.45, 2.75) is 88.9 Å². The Morgan fingerprint density at radius 3 is 2.08 bits per heavy atom. The monoisotopic (exact) mass is 574 g/mol. The molecule has 0 bridgehead atoms. The van der Waals surface area contributed by atoms with Crippen LogP contribution in [-0.2, 0) is 20.8 Å². The molecule has 0 aliphatic heterocycles. The maximum Gasteiger partial charge on any atom is 0.490 e. The highest BCUT2D eigenvalue weighted by Gasteiger charge is 2.38. The van der Waals surface area contributed by atoms with E-state index in [4.69, 9.17) is 15.6 Å². The van der Waals surface area contributed by atoms with Crippen molar-refractivity contribution in [3.05, 3.63) is 35.9 Å². The van der Waals surface area contributed by atoms with E-state index in [0.717, 1.165) is 38.5 Å². The number of benzene rings is 1. The highest BCUT2D eigenvalue weighted by molar-refractivity contribution is 5.88. The molecule has 2 atom stereocenters. The molecule has 13 heteroatoms. The van der Waals surface area contributed by atoms with Gasteiger partial charge in [-0.1, -0.05) is 62.4 Å². The molecule has 7 N–H and O–H groups in total. The molecule has 1 aromatic carbocycles. The molecule has 0 aromatic heterocycles. The molecule has 1 aromatic rings. The number of carbonyl (C=O) groups excluding carboxylic acids is 2. The number of urea groups is 1. The minimum absolute atomic E-state index is 0.209. The van der Waals surface area contributed by atoms with Gasteiger partial charge in [-0.05, 0) is 56.6 Å². The number of aliphatic carboxylic acids is 2. The molecule has 0 unspecified atom stereocenters. The third-order valence-electron chi connectivity index (χ3n) is 6.49. The molecule has 1 fully saturated rings. The molecule has 3 amide bonds. The first kappa shape index (κ1) is 34.7. The van der Waals surface area contributed by atoms with Crippen molar-refractivity contribution in [3.63, 3.8) is 0 Å². The summed E-state index contributed by atoms with van der Waals surface area (Å²) in [6.45, 7) is 1.00. The molecular formula is C27H41F3N4O6. The van der Waals surface area contributed by atoms with Crippen LogP contribution in [0.1, 0.15) is 69.8 Å². The summed E-state index contributed by atoms with van der Waals surface area (Å²) in [6, 6.07) is 7.80. The van der Waals surface area contributed by atoms with E-state index in [1.807, 2.05) is 18.2 Å². The van der Waals surface area contributed by atoms with Gasteiger partial charge in [-0.3, -0.25) is 4.79 Å². The summed E-state index contributed by atoms with van der Waals surface area (Å²) in [5.74, 6) is -3.67. The largest absolute Gasteiger partial charge is 0.490 e. The van der Waals surface area contributed by atoms with Gasteiger partial charge in [0.05, 0.1) is 0 Å². The maximum atomic E-state index is 12.9. The number of nitrogens with two attached hydrogens (primary N) is 1. The van der Waals surface area contributed by atoms with Gasteiger partial charge in [0.2, 0.25) is 5.91 Å². The summed E-state index contributed by atoms with van der Waals surface area (Å²) in [4.78, 5) is 45.9. The van der Waals surface area contributed by atoms with Crippen LogP contribution in [0.3, 0.4) is 0 Å². The van der Waals surface area contributed by atoms with E-state index in [1.54, 1.807) is 0 Å². The lowest BCUT2D eigenvalue weighted by atomic mass is 9.84. The van der Waals surface area contributed by atoms with Gasteiger partial charge in [0.1, 0.15) is 12.1 Å². The molecular weight excluding hydrogens is 533 g/mol. The fourth-order valence-electron chi connectivity index (χ4n) is 4.37. The second-order valence-electron chi connectivity index (χ2n) is 9.77. The number of amides is 3. The third-order valence-corrected chi connectivity index (χ3v) is 6.49. The lowest BCUT2D eigenvalue weighted by Gasteiger charge is -2.27. The Balaban J connectivity index is 0.00000101. The number of aryl methyl sites for hydroxylation is 1. The van der Waals surface area contributed by atoms with Gasteiger partial charge in [-0.25, -0.2) is 14.4 Å². The predicted octanol–water partition coefficient (Wildman–Crippen LogP) is 3.59. The summed E-state index contributed by atoms with van der Waals surface area (Å²) >= 11 is 0. The molecule has 1 aliphatic rings. The van der Waals surface area contributed by atoms with Gasteiger partial charge >= 0.3 is 24.1 Å². The quantitative estimate of drug-likeness (QED) is 0.184. The van der Waals surface area contributed by atoms with Crippen LogP contribution in [-0.4, -0.2) is 65.4 Å². The zero-order chi connectivity index (χ0) is 30.0. The summed E-state index contributed by atoms with van der Waals surface area (Å²) in [5, 5.41) is 24.8. The van der Waals surface area contributed by atoms with Gasteiger partial charge in [-0.15, -0.1) is 0 Å². The fraction of sp³-hybridized carbons (Fsp3) is 0.630. The van der Waals surface area contributed by atoms with Crippen LogP contribution in [0, 0.1) is 5.92 Å². The molecule has 0 spiro atoms. The van der Waals surface area contributed by atoms with Crippen LogP contribution in [0.5, 0.6) is 0 Å². The number of hydrogen-bond donors (Lipinski definition) is 6. The first-order chi connectivity index (χ1) is 18.9. The number of hydrogen-bond acceptors (Lipinski definition) is 5. The van der Waals surface area contributed by atoms with Crippen LogP contribution < -0.4 is 21.7 Å². The second kappa shape index (κ2) is 18.9. The van der Waals surface area contributed by atoms with E-state index in [0.29, 0.717) is 44.7 Å². The first-order valence-electron chi connectivity index (χ1n) is 13.6. The van der Waals surface area contributed by atoms with E-state index in [2.05, 4.69) is 28.1 Å². The Hall–Kier alpha value is -3.35. The topological polar surface area (TPSA) is 171 Å². The van der Waals surface area contributed by atoms with Crippen molar-refractivity contribution >= 4 is 23.9 Å². The van der Waals surface area contributed by atoms with Crippen LogP contribution in [0.25, 0.3) is 0 Å². The third kappa shape index (κ3) is 15.3. The number of halogens is 3. The number of carbonyl (C=O) groups is 4. The summed E-state index contributed by atoms with van der Waals surface area (Å²) in [5.41, 5.74) is 6.69. The molecule has 0 radical (unpaired) electrons. The number of unbranched alkanes of at least 4 members (excludes halogenated alkanes) is 1. The van der Waals surface area contributed by atoms with Gasteiger partial charge in [0.25, 0.3) is 0 Å². The van der Waals surface area contributed by atoms with Crippen molar-refractivity contribution in [3.8, 4) is 0 Å². The molecule has 10 nitrogen and oxygen atoms in total. The van der Waals surface area contributed by atoms with E-state index in [1.165, 1.54) is 12.0 Å². The number of carboxylic acid groups (broad SMARTS) is 2. The van der Waals surface area contributed by atoms with Crippen LogP contribution >= 0.6 is 0 Å². The van der Waals surface area contributed by atoms with E-state index >= 15 is 0 Å². The van der Waals surface area contributed by atoms with Crippen molar-refractivity contribution < 1.29 is 42.6 Å². The maximum absolute atomic E-state index is 12.9. The Morgan fingerprint density at radius 1 is 0.925 bits per heavy atom. The van der Waals surface area contributed by atoms with Gasteiger partial charge in [0, 0.05) is 6.54 Å². The van der Waals surface area contributed by atoms with Gasteiger partial charge < -0.3 is 31.9 Å². The Morgan fingerprint density at radius 2 is 1.52 bits per heavy atom. The lowest BCUT2D eigenvalue weighted by Crippen LogP contribution is -2.54. The number of nitrogens with one attached hydrogen (secondary N) is 3. The SMILES string of the molecule is NCCCC[C@H](NC(=O)N[C@H](CC1CCCCC1)C(=O)NCCCc1ccccc1)C(=O)O.O=C(O)C(F)(F)F. The number of alkyl halides is 3. The smallest absolute Gasteiger partial charge is 0.480 e. The van der Waals surface area contributed by atoms with Crippen LogP contribution in [0.15, 0.2) is 30.3 Å². The second-order valence-corrected chi connectivity index (χ2v) is 9.77. The normalized spacial score (nSPS) is 15.1. The zero-order valence-corrected chi connectivity index (χ0v) is 22.5. The molecule has 1 aliphatic carbocycles. The highest BCUT2D eigenvalue weighted by atomic mass is 19.4. The summed E-state index contributed by atoms with van der Waals surface area (Å²) in [6.07, 6.45) is 4.38. The molecule has 226 valence electrons. The van der Waals surface area contributed by atoms with Crippen molar-refractivity contribution in [2.75, 3.05) is 13.1 Å². The van der Waals surface area contributed by atoms with Crippen LogP contribution in [0.2, 0.25) is 0 Å². The average molecular weight is 575 g/mol. The van der Waals surface area contributed by atoms with Crippen molar-refractivity contribution in [1.82, 2.24) is 16.0 Å². The van der Waals surface area contributed by atoms with Crippen molar-refractivity contribution in [2.24, 2.45) is 11.7 Å². The molecule has 1 saturated carbocycles. The fourth-order valence-corrected chi connectivity index (χ4v) is 4.37. The van der Waals surface area contributed by atoms with Gasteiger partial charge in [0.15, 0.2) is 0 Å². The average Bonchev–Trinajstić information content (AvgIpc) is 2.91. The van der Waals surface area contributed by atoms with E-state index in [-0.39, 0.29) is 5.91 Å². The molecule has 2 rings (SSSR count). The van der Waals surface area contributed by atoms with Crippen LogP contribution in [0.4, 0.5) is 18.0 Å². The van der Waals surface area contributed by atoms with Crippen molar-refractivity contribution in [1.29, 1.82) is 0 Å². The van der Waals surface area contributed by atoms with E-state index in [9.17, 15) is 32.7 Å². The standard InChI is InChI=1S/C25H40N4O4.C2HF3O2/c26-16-8-7-15-21(24(31)32)28-25(33)29-22(18-20-12-5-2-6-13-20)23(30)27-17-9-14-19-10-3-1-4-11-19;3-2(4,5)1(6)7/h1,3-4,10-11,20-22H,2,5-9,12-18,26H2,(H,27,30)(H,31,32)(H2,28,29,33);(H,6,7)/t21-,22+;/m0./s1. The Labute approximate surface area is 232 Å². The minimum atomic E-state index is -5.08. The number of carboxylic acids is 2. The Kier molecular flexibility index (Phi) is 16.3. The molecule has 0 heterocycles. The number of rotatable bonds is 14.